The third-order valence-corrected chi connectivity index (χ3v) is 3.51. The van der Waals surface area contributed by atoms with Gasteiger partial charge in [-0.2, -0.15) is 0 Å². The molecule has 0 aromatic carbocycles. The summed E-state index contributed by atoms with van der Waals surface area (Å²) < 4.78 is 0. The van der Waals surface area contributed by atoms with E-state index in [4.69, 9.17) is 0 Å². The van der Waals surface area contributed by atoms with Gasteiger partial charge in [-0.15, -0.1) is 11.3 Å². The average Bonchev–Trinajstić information content (AvgIpc) is 2.79. The number of carbonyl (C=O) groups is 1. The van der Waals surface area contributed by atoms with Crippen LogP contribution in [0.25, 0.3) is 0 Å². The van der Waals surface area contributed by atoms with E-state index in [0.717, 1.165) is 12.2 Å². The molecule has 6 nitrogen and oxygen atoms in total. The molecule has 7 heteroatoms. The standard InChI is InChI=1S/C10H15N3O3S/c14-9-3-11-2-1-8(9)13(10(15)16)4-7-5-17-6-12-7/h5-6,8-9,11,14H,1-4H2,(H,15,16)/t8-,9+/m0/s1. The molecule has 94 valence electrons. The summed E-state index contributed by atoms with van der Waals surface area (Å²) in [5.41, 5.74) is 2.40. The van der Waals surface area contributed by atoms with Crippen LogP contribution in [-0.2, 0) is 6.54 Å². The van der Waals surface area contributed by atoms with Gasteiger partial charge in [-0.3, -0.25) is 4.90 Å². The number of aliphatic hydroxyl groups excluding tert-OH is 1. The molecule has 1 amide bonds. The normalized spacial score (nSPS) is 24.5. The number of nitrogens with one attached hydrogen (secondary N) is 1. The van der Waals surface area contributed by atoms with E-state index in [1.807, 2.05) is 5.38 Å². The van der Waals surface area contributed by atoms with E-state index in [-0.39, 0.29) is 12.6 Å². The molecule has 1 aromatic heterocycles. The SMILES string of the molecule is O=C(O)N(Cc1cscn1)[C@H]1CCNC[C@H]1O. The predicted molar refractivity (Wildman–Crippen MR) is 63.0 cm³/mol. The molecule has 0 radical (unpaired) electrons. The van der Waals surface area contributed by atoms with Crippen molar-refractivity contribution in [2.24, 2.45) is 0 Å². The van der Waals surface area contributed by atoms with Gasteiger partial charge in [0, 0.05) is 11.9 Å². The minimum absolute atomic E-state index is 0.237. The first-order chi connectivity index (χ1) is 8.18. The molecule has 1 saturated heterocycles. The number of amides is 1. The first kappa shape index (κ1) is 12.3. The number of thiazole rings is 1. The van der Waals surface area contributed by atoms with Crippen molar-refractivity contribution in [3.05, 3.63) is 16.6 Å². The monoisotopic (exact) mass is 257 g/mol. The molecule has 17 heavy (non-hydrogen) atoms. The summed E-state index contributed by atoms with van der Waals surface area (Å²) in [6.45, 7) is 1.40. The summed E-state index contributed by atoms with van der Waals surface area (Å²) in [7, 11) is 0. The van der Waals surface area contributed by atoms with E-state index in [1.54, 1.807) is 5.51 Å². The van der Waals surface area contributed by atoms with E-state index in [0.29, 0.717) is 13.0 Å². The highest BCUT2D eigenvalue weighted by Crippen LogP contribution is 2.16. The van der Waals surface area contributed by atoms with Crippen molar-refractivity contribution in [1.29, 1.82) is 0 Å². The number of hydrogen-bond acceptors (Lipinski definition) is 5. The van der Waals surface area contributed by atoms with Crippen LogP contribution in [0, 0.1) is 0 Å². The van der Waals surface area contributed by atoms with Gasteiger partial charge in [0.15, 0.2) is 0 Å². The Morgan fingerprint density at radius 2 is 2.53 bits per heavy atom. The maximum absolute atomic E-state index is 11.2. The van der Waals surface area contributed by atoms with Crippen LogP contribution < -0.4 is 5.32 Å². The number of hydrogen-bond donors (Lipinski definition) is 3. The lowest BCUT2D eigenvalue weighted by atomic mass is 10.0. The molecule has 0 spiro atoms. The fourth-order valence-electron chi connectivity index (χ4n) is 2.01. The number of rotatable bonds is 3. The van der Waals surface area contributed by atoms with Crippen LogP contribution in [0.4, 0.5) is 4.79 Å². The fourth-order valence-corrected chi connectivity index (χ4v) is 2.56. The molecule has 1 aliphatic rings. The zero-order valence-electron chi connectivity index (χ0n) is 9.24. The van der Waals surface area contributed by atoms with Gasteiger partial charge in [0.1, 0.15) is 0 Å². The van der Waals surface area contributed by atoms with Gasteiger partial charge in [0.2, 0.25) is 0 Å². The van der Waals surface area contributed by atoms with Crippen LogP contribution in [0.2, 0.25) is 0 Å². The van der Waals surface area contributed by atoms with E-state index in [9.17, 15) is 15.0 Å². The van der Waals surface area contributed by atoms with Gasteiger partial charge in [0.25, 0.3) is 0 Å². The van der Waals surface area contributed by atoms with Gasteiger partial charge in [-0.05, 0) is 13.0 Å². The van der Waals surface area contributed by atoms with Crippen molar-refractivity contribution in [2.75, 3.05) is 13.1 Å². The van der Waals surface area contributed by atoms with Crippen molar-refractivity contribution < 1.29 is 15.0 Å². The Balaban J connectivity index is 2.08. The molecular weight excluding hydrogens is 242 g/mol. The highest BCUT2D eigenvalue weighted by Gasteiger charge is 2.31. The van der Waals surface area contributed by atoms with E-state index >= 15 is 0 Å². The lowest BCUT2D eigenvalue weighted by Gasteiger charge is -2.35. The molecular formula is C10H15N3O3S. The third kappa shape index (κ3) is 2.93. The molecule has 1 fully saturated rings. The van der Waals surface area contributed by atoms with E-state index < -0.39 is 12.2 Å². The summed E-state index contributed by atoms with van der Waals surface area (Å²) >= 11 is 1.44. The zero-order valence-corrected chi connectivity index (χ0v) is 10.1. The summed E-state index contributed by atoms with van der Waals surface area (Å²) in [6.07, 6.45) is -1.04. The summed E-state index contributed by atoms with van der Waals surface area (Å²) in [5.74, 6) is 0. The number of carboxylic acid groups (broad SMARTS) is 1. The molecule has 2 atom stereocenters. The minimum Gasteiger partial charge on any atom is -0.465 e. The van der Waals surface area contributed by atoms with Crippen LogP contribution >= 0.6 is 11.3 Å². The molecule has 2 rings (SSSR count). The number of aliphatic hydroxyl groups is 1. The number of piperidine rings is 1. The van der Waals surface area contributed by atoms with Crippen LogP contribution in [-0.4, -0.2) is 51.4 Å². The van der Waals surface area contributed by atoms with E-state index in [1.165, 1.54) is 16.2 Å². The van der Waals surface area contributed by atoms with Gasteiger partial charge in [0.05, 0.1) is 29.9 Å². The van der Waals surface area contributed by atoms with Gasteiger partial charge in [-0.1, -0.05) is 0 Å². The lowest BCUT2D eigenvalue weighted by Crippen LogP contribution is -2.54. The van der Waals surface area contributed by atoms with Crippen molar-refractivity contribution in [2.45, 2.75) is 25.1 Å². The molecule has 0 aliphatic carbocycles. The Hall–Kier alpha value is -1.18. The van der Waals surface area contributed by atoms with E-state index in [2.05, 4.69) is 10.3 Å². The molecule has 2 heterocycles. The molecule has 0 unspecified atom stereocenters. The Kier molecular flexibility index (Phi) is 3.93. The quantitative estimate of drug-likeness (QED) is 0.727. The van der Waals surface area contributed by atoms with Crippen LogP contribution in [0.15, 0.2) is 10.9 Å². The maximum Gasteiger partial charge on any atom is 0.407 e. The highest BCUT2D eigenvalue weighted by molar-refractivity contribution is 7.07. The van der Waals surface area contributed by atoms with Crippen LogP contribution in [0.1, 0.15) is 12.1 Å². The summed E-state index contributed by atoms with van der Waals surface area (Å²) in [5, 5.41) is 23.9. The van der Waals surface area contributed by atoms with Crippen molar-refractivity contribution >= 4 is 17.4 Å². The Morgan fingerprint density at radius 1 is 1.71 bits per heavy atom. The number of aromatic nitrogens is 1. The maximum atomic E-state index is 11.2. The second-order valence-corrected chi connectivity index (χ2v) is 4.74. The Bertz CT molecular complexity index is 371. The van der Waals surface area contributed by atoms with Crippen LogP contribution in [0.3, 0.4) is 0 Å². The lowest BCUT2D eigenvalue weighted by molar-refractivity contribution is 0.0275. The second kappa shape index (κ2) is 5.44. The first-order valence-corrected chi connectivity index (χ1v) is 6.38. The van der Waals surface area contributed by atoms with Gasteiger partial charge in [-0.25, -0.2) is 9.78 Å². The molecule has 0 bridgehead atoms. The molecule has 0 saturated carbocycles. The highest BCUT2D eigenvalue weighted by atomic mass is 32.1. The Morgan fingerprint density at radius 3 is 3.12 bits per heavy atom. The molecule has 3 N–H and O–H groups in total. The van der Waals surface area contributed by atoms with Gasteiger partial charge >= 0.3 is 6.09 Å². The smallest absolute Gasteiger partial charge is 0.407 e. The summed E-state index contributed by atoms with van der Waals surface area (Å²) in [6, 6.07) is -0.351. The fraction of sp³-hybridized carbons (Fsp3) is 0.600. The average molecular weight is 257 g/mol. The Labute approximate surface area is 103 Å². The molecule has 1 aliphatic heterocycles. The topological polar surface area (TPSA) is 85.7 Å². The van der Waals surface area contributed by atoms with Gasteiger partial charge < -0.3 is 15.5 Å². The van der Waals surface area contributed by atoms with Crippen molar-refractivity contribution in [3.8, 4) is 0 Å². The molecule has 1 aromatic rings. The minimum atomic E-state index is -1.01. The number of β-amino-alcohol motifs (C(OH)–C–C–N with tert-alkyl or cyclic N) is 1. The second-order valence-electron chi connectivity index (χ2n) is 4.02. The van der Waals surface area contributed by atoms with Crippen molar-refractivity contribution in [3.63, 3.8) is 0 Å². The summed E-state index contributed by atoms with van der Waals surface area (Å²) in [4.78, 5) is 16.6. The van der Waals surface area contributed by atoms with Crippen LogP contribution in [0.5, 0.6) is 0 Å². The number of nitrogens with zero attached hydrogens (tertiary/aromatic N) is 2. The largest absolute Gasteiger partial charge is 0.465 e. The third-order valence-electron chi connectivity index (χ3n) is 2.88. The van der Waals surface area contributed by atoms with Crippen molar-refractivity contribution in [1.82, 2.24) is 15.2 Å². The predicted octanol–water partition coefficient (Wildman–Crippen LogP) is 0.346. The zero-order chi connectivity index (χ0) is 12.3. The first-order valence-electron chi connectivity index (χ1n) is 5.44.